The minimum absolute atomic E-state index is 0.0376. The third-order valence-electron chi connectivity index (χ3n) is 3.13. The summed E-state index contributed by atoms with van der Waals surface area (Å²) >= 11 is 3.15. The fourth-order valence-corrected chi connectivity index (χ4v) is 2.43. The molecule has 0 aliphatic heterocycles. The maximum atomic E-state index is 13.6. The number of nitrogens with one attached hydrogen (secondary N) is 1. The average molecular weight is 340 g/mol. The van der Waals surface area contributed by atoms with Gasteiger partial charge < -0.3 is 5.32 Å². The van der Waals surface area contributed by atoms with Gasteiger partial charge in [0.2, 0.25) is 0 Å². The van der Waals surface area contributed by atoms with Gasteiger partial charge in [0.05, 0.1) is 4.47 Å². The smallest absolute Gasteiger partial charge is 0.137 e. The Morgan fingerprint density at radius 3 is 2.60 bits per heavy atom. The molecule has 106 valence electrons. The van der Waals surface area contributed by atoms with Crippen molar-refractivity contribution in [3.8, 4) is 0 Å². The lowest BCUT2D eigenvalue weighted by molar-refractivity contribution is 0.539. The van der Waals surface area contributed by atoms with Crippen molar-refractivity contribution in [2.24, 2.45) is 0 Å². The Kier molecular flexibility index (Phi) is 5.26. The van der Waals surface area contributed by atoms with E-state index >= 15 is 0 Å². The van der Waals surface area contributed by atoms with E-state index in [9.17, 15) is 8.78 Å². The average Bonchev–Trinajstić information content (AvgIpc) is 2.41. The van der Waals surface area contributed by atoms with Gasteiger partial charge in [-0.25, -0.2) is 8.78 Å². The van der Waals surface area contributed by atoms with Crippen molar-refractivity contribution in [2.45, 2.75) is 19.4 Å². The Morgan fingerprint density at radius 2 is 1.95 bits per heavy atom. The first kappa shape index (κ1) is 15.1. The minimum atomic E-state index is -0.287. The van der Waals surface area contributed by atoms with E-state index in [0.717, 1.165) is 17.7 Å². The monoisotopic (exact) mass is 339 g/mol. The van der Waals surface area contributed by atoms with Gasteiger partial charge in [-0.2, -0.15) is 0 Å². The number of hydrogen-bond acceptors (Lipinski definition) is 1. The molecule has 0 aliphatic carbocycles. The second kappa shape index (κ2) is 6.95. The molecule has 0 saturated carbocycles. The van der Waals surface area contributed by atoms with Crippen molar-refractivity contribution in [3.05, 3.63) is 69.7 Å². The first-order chi connectivity index (χ1) is 9.60. The van der Waals surface area contributed by atoms with Gasteiger partial charge in [-0.05, 0) is 64.3 Å². The van der Waals surface area contributed by atoms with Gasteiger partial charge in [-0.1, -0.05) is 25.1 Å². The van der Waals surface area contributed by atoms with Crippen molar-refractivity contribution < 1.29 is 8.78 Å². The SMILES string of the molecule is CCNC(Cc1cccc(F)c1)c1ccc(Br)c(F)c1. The zero-order valence-corrected chi connectivity index (χ0v) is 12.8. The molecule has 2 rings (SSSR count). The first-order valence-corrected chi connectivity index (χ1v) is 7.32. The molecule has 1 nitrogen and oxygen atoms in total. The summed E-state index contributed by atoms with van der Waals surface area (Å²) in [5.41, 5.74) is 1.75. The van der Waals surface area contributed by atoms with Crippen LogP contribution in [-0.2, 0) is 6.42 Å². The summed E-state index contributed by atoms with van der Waals surface area (Å²) in [6.45, 7) is 2.76. The van der Waals surface area contributed by atoms with Crippen molar-refractivity contribution in [1.29, 1.82) is 0 Å². The third kappa shape index (κ3) is 3.87. The van der Waals surface area contributed by atoms with Crippen LogP contribution in [0, 0.1) is 11.6 Å². The molecular weight excluding hydrogens is 324 g/mol. The number of benzene rings is 2. The molecule has 2 aromatic rings. The molecule has 1 atom stereocenters. The van der Waals surface area contributed by atoms with Gasteiger partial charge >= 0.3 is 0 Å². The highest BCUT2D eigenvalue weighted by Gasteiger charge is 2.13. The molecule has 0 fully saturated rings. The lowest BCUT2D eigenvalue weighted by atomic mass is 9.98. The lowest BCUT2D eigenvalue weighted by Gasteiger charge is -2.19. The van der Waals surface area contributed by atoms with Crippen LogP contribution in [0.25, 0.3) is 0 Å². The van der Waals surface area contributed by atoms with Crippen LogP contribution in [0.1, 0.15) is 24.1 Å². The summed E-state index contributed by atoms with van der Waals surface area (Å²) in [4.78, 5) is 0. The van der Waals surface area contributed by atoms with E-state index in [-0.39, 0.29) is 17.7 Å². The Balaban J connectivity index is 2.24. The van der Waals surface area contributed by atoms with Crippen LogP contribution in [0.15, 0.2) is 46.9 Å². The highest BCUT2D eigenvalue weighted by molar-refractivity contribution is 9.10. The molecule has 20 heavy (non-hydrogen) atoms. The van der Waals surface area contributed by atoms with Gasteiger partial charge in [0.25, 0.3) is 0 Å². The molecule has 1 unspecified atom stereocenters. The van der Waals surface area contributed by atoms with Gasteiger partial charge in [0, 0.05) is 6.04 Å². The highest BCUT2D eigenvalue weighted by atomic mass is 79.9. The van der Waals surface area contributed by atoms with E-state index in [4.69, 9.17) is 0 Å². The highest BCUT2D eigenvalue weighted by Crippen LogP contribution is 2.23. The fourth-order valence-electron chi connectivity index (χ4n) is 2.18. The van der Waals surface area contributed by atoms with Crippen LogP contribution in [0.3, 0.4) is 0 Å². The predicted molar refractivity (Wildman–Crippen MR) is 80.6 cm³/mol. The van der Waals surface area contributed by atoms with E-state index in [0.29, 0.717) is 10.9 Å². The van der Waals surface area contributed by atoms with E-state index in [1.54, 1.807) is 12.1 Å². The quantitative estimate of drug-likeness (QED) is 0.837. The largest absolute Gasteiger partial charge is 0.310 e. The van der Waals surface area contributed by atoms with Crippen LogP contribution in [0.4, 0.5) is 8.78 Å². The van der Waals surface area contributed by atoms with Gasteiger partial charge in [-0.3, -0.25) is 0 Å². The first-order valence-electron chi connectivity index (χ1n) is 6.53. The number of halogens is 3. The van der Waals surface area contributed by atoms with E-state index in [1.807, 2.05) is 19.1 Å². The molecule has 0 saturated heterocycles. The topological polar surface area (TPSA) is 12.0 Å². The molecule has 1 N–H and O–H groups in total. The normalized spacial score (nSPS) is 12.4. The Hall–Kier alpha value is -1.26. The van der Waals surface area contributed by atoms with Crippen molar-refractivity contribution >= 4 is 15.9 Å². The van der Waals surface area contributed by atoms with Crippen LogP contribution >= 0.6 is 15.9 Å². The summed E-state index contributed by atoms with van der Waals surface area (Å²) < 4.78 is 27.3. The zero-order valence-electron chi connectivity index (χ0n) is 11.2. The molecule has 2 aromatic carbocycles. The summed E-state index contributed by atoms with van der Waals surface area (Å²) in [6.07, 6.45) is 0.618. The van der Waals surface area contributed by atoms with Crippen LogP contribution in [0.2, 0.25) is 0 Å². The summed E-state index contributed by atoms with van der Waals surface area (Å²) in [5.74, 6) is -0.538. The number of hydrogen-bond donors (Lipinski definition) is 1. The molecule has 0 aromatic heterocycles. The zero-order chi connectivity index (χ0) is 14.5. The maximum absolute atomic E-state index is 13.6. The number of rotatable bonds is 5. The molecule has 0 bridgehead atoms. The predicted octanol–water partition coefficient (Wildman–Crippen LogP) is 4.62. The summed E-state index contributed by atoms with van der Waals surface area (Å²) in [7, 11) is 0. The van der Waals surface area contributed by atoms with Crippen molar-refractivity contribution in [1.82, 2.24) is 5.32 Å². The molecule has 0 radical (unpaired) electrons. The number of likely N-dealkylation sites (N-methyl/N-ethyl adjacent to an activating group) is 1. The third-order valence-corrected chi connectivity index (χ3v) is 3.77. The van der Waals surface area contributed by atoms with E-state index in [1.165, 1.54) is 18.2 Å². The Bertz CT molecular complexity index is 586. The molecular formula is C16H16BrF2N. The minimum Gasteiger partial charge on any atom is -0.310 e. The molecule has 0 heterocycles. The van der Waals surface area contributed by atoms with Crippen LogP contribution in [-0.4, -0.2) is 6.54 Å². The second-order valence-corrected chi connectivity index (χ2v) is 5.47. The standard InChI is InChI=1S/C16H16BrF2N/c1-2-20-16(9-11-4-3-5-13(18)8-11)12-6-7-14(17)15(19)10-12/h3-8,10,16,20H,2,9H2,1H3. The fraction of sp³-hybridized carbons (Fsp3) is 0.250. The molecule has 0 spiro atoms. The Morgan fingerprint density at radius 1 is 1.15 bits per heavy atom. The molecule has 0 aliphatic rings. The van der Waals surface area contributed by atoms with Gasteiger partial charge in [0.15, 0.2) is 0 Å². The van der Waals surface area contributed by atoms with E-state index < -0.39 is 0 Å². The van der Waals surface area contributed by atoms with Crippen LogP contribution < -0.4 is 5.32 Å². The Labute approximate surface area is 126 Å². The maximum Gasteiger partial charge on any atom is 0.137 e. The second-order valence-electron chi connectivity index (χ2n) is 4.62. The summed E-state index contributed by atoms with van der Waals surface area (Å²) in [6, 6.07) is 11.5. The van der Waals surface area contributed by atoms with Crippen molar-refractivity contribution in [3.63, 3.8) is 0 Å². The van der Waals surface area contributed by atoms with E-state index in [2.05, 4.69) is 21.2 Å². The summed E-state index contributed by atoms with van der Waals surface area (Å²) in [5, 5.41) is 3.31. The van der Waals surface area contributed by atoms with Gasteiger partial charge in [-0.15, -0.1) is 0 Å². The van der Waals surface area contributed by atoms with Gasteiger partial charge in [0.1, 0.15) is 11.6 Å². The molecule has 0 amide bonds. The lowest BCUT2D eigenvalue weighted by Crippen LogP contribution is -2.23. The molecule has 4 heteroatoms. The van der Waals surface area contributed by atoms with Crippen molar-refractivity contribution in [2.75, 3.05) is 6.54 Å². The van der Waals surface area contributed by atoms with Crippen LogP contribution in [0.5, 0.6) is 0 Å².